The highest BCUT2D eigenvalue weighted by molar-refractivity contribution is 6.35. The summed E-state index contributed by atoms with van der Waals surface area (Å²) in [5, 5.41) is 11.4. The topological polar surface area (TPSA) is 88.7 Å². The molecule has 0 aliphatic carbocycles. The van der Waals surface area contributed by atoms with Crippen LogP contribution in [0.15, 0.2) is 61.2 Å². The molecular weight excluding hydrogens is 469 g/mol. The predicted octanol–water partition coefficient (Wildman–Crippen LogP) is 5.82. The summed E-state index contributed by atoms with van der Waals surface area (Å²) in [4.78, 5) is 19.8. The molecule has 0 saturated carbocycles. The summed E-state index contributed by atoms with van der Waals surface area (Å²) in [5.41, 5.74) is 0.371. The second-order valence-corrected chi connectivity index (χ2v) is 7.33. The van der Waals surface area contributed by atoms with Crippen molar-refractivity contribution < 1.29 is 19.4 Å². The normalized spacial score (nSPS) is 11.6. The fraction of sp³-hybridized carbons (Fsp3) is 0.150. The summed E-state index contributed by atoms with van der Waals surface area (Å²) < 4.78 is 12.8. The molecule has 0 unspecified atom stereocenters. The summed E-state index contributed by atoms with van der Waals surface area (Å²) in [7, 11) is 0. The Morgan fingerprint density at radius 2 is 1.81 bits per heavy atom. The molecule has 8 nitrogen and oxygen atoms in total. The molecule has 0 saturated heterocycles. The third-order valence-electron chi connectivity index (χ3n) is 3.89. The van der Waals surface area contributed by atoms with Crippen LogP contribution in [0.5, 0.6) is 5.75 Å². The van der Waals surface area contributed by atoms with Crippen LogP contribution in [0.25, 0.3) is 11.6 Å². The predicted molar refractivity (Wildman–Crippen MR) is 117 cm³/mol. The third-order valence-corrected chi connectivity index (χ3v) is 4.69. The van der Waals surface area contributed by atoms with Crippen molar-refractivity contribution in [2.45, 2.75) is 6.42 Å². The molecule has 0 spiro atoms. The van der Waals surface area contributed by atoms with Gasteiger partial charge >= 0.3 is 5.09 Å². The van der Waals surface area contributed by atoms with Gasteiger partial charge in [0.2, 0.25) is 5.88 Å². The second kappa shape index (κ2) is 10.9. The second-order valence-electron chi connectivity index (χ2n) is 6.05. The van der Waals surface area contributed by atoms with E-state index < -0.39 is 5.09 Å². The van der Waals surface area contributed by atoms with Gasteiger partial charge < -0.3 is 9.47 Å². The molecule has 11 heteroatoms. The van der Waals surface area contributed by atoms with Crippen LogP contribution in [0, 0.1) is 10.1 Å². The molecule has 0 fully saturated rings. The van der Waals surface area contributed by atoms with Crippen molar-refractivity contribution in [3.8, 4) is 5.75 Å². The largest absolute Gasteiger partial charge is 0.493 e. The zero-order valence-corrected chi connectivity index (χ0v) is 18.2. The van der Waals surface area contributed by atoms with Gasteiger partial charge in [0.25, 0.3) is 0 Å². The van der Waals surface area contributed by atoms with Crippen LogP contribution >= 0.6 is 34.8 Å². The molecule has 162 valence electrons. The SMILES string of the molecule is O=[N+]([O-])O/C(=C(/OCCCOc1ccc(Cl)cc1)c1ccc(Cl)cc1Cl)n1ccnc1. The lowest BCUT2D eigenvalue weighted by Gasteiger charge is -2.17. The fourth-order valence-electron chi connectivity index (χ4n) is 2.54. The van der Waals surface area contributed by atoms with Crippen LogP contribution < -0.4 is 4.74 Å². The highest BCUT2D eigenvalue weighted by Crippen LogP contribution is 2.32. The monoisotopic (exact) mass is 483 g/mol. The van der Waals surface area contributed by atoms with Gasteiger partial charge in [-0.05, 0) is 42.5 Å². The Kier molecular flexibility index (Phi) is 8.00. The van der Waals surface area contributed by atoms with Gasteiger partial charge in [0.1, 0.15) is 12.1 Å². The molecule has 0 radical (unpaired) electrons. The lowest BCUT2D eigenvalue weighted by molar-refractivity contribution is -0.731. The molecule has 3 aromatic rings. The molecule has 0 N–H and O–H groups in total. The summed E-state index contributed by atoms with van der Waals surface area (Å²) >= 11 is 18.1. The van der Waals surface area contributed by atoms with Crippen molar-refractivity contribution in [3.63, 3.8) is 0 Å². The molecular formula is C20H16Cl3N3O5. The van der Waals surface area contributed by atoms with Crippen molar-refractivity contribution in [2.75, 3.05) is 13.2 Å². The molecule has 0 amide bonds. The average molecular weight is 485 g/mol. The van der Waals surface area contributed by atoms with E-state index >= 15 is 0 Å². The molecule has 3 rings (SSSR count). The highest BCUT2D eigenvalue weighted by Gasteiger charge is 2.20. The summed E-state index contributed by atoms with van der Waals surface area (Å²) in [5.74, 6) is 0.518. The first-order valence-corrected chi connectivity index (χ1v) is 10.1. The molecule has 31 heavy (non-hydrogen) atoms. The van der Waals surface area contributed by atoms with E-state index in [9.17, 15) is 10.1 Å². The molecule has 1 aromatic heterocycles. The molecule has 0 bridgehead atoms. The van der Waals surface area contributed by atoms with Crippen molar-refractivity contribution in [1.29, 1.82) is 0 Å². The maximum absolute atomic E-state index is 11.1. The first kappa shape index (κ1) is 22.7. The first-order valence-electron chi connectivity index (χ1n) is 8.95. The van der Waals surface area contributed by atoms with Gasteiger partial charge in [-0.25, -0.2) is 4.98 Å². The van der Waals surface area contributed by atoms with Crippen LogP contribution in [0.2, 0.25) is 15.1 Å². The van der Waals surface area contributed by atoms with Gasteiger partial charge in [-0.3, -0.25) is 9.40 Å². The molecule has 1 heterocycles. The van der Waals surface area contributed by atoms with Crippen molar-refractivity contribution in [1.82, 2.24) is 9.55 Å². The summed E-state index contributed by atoms with van der Waals surface area (Å²) in [6.07, 6.45) is 4.75. The lowest BCUT2D eigenvalue weighted by Crippen LogP contribution is -2.11. The number of imidazole rings is 1. The van der Waals surface area contributed by atoms with Crippen LogP contribution in [0.3, 0.4) is 0 Å². The van der Waals surface area contributed by atoms with E-state index in [4.69, 9.17) is 49.1 Å². The van der Waals surface area contributed by atoms with Crippen LogP contribution in [-0.4, -0.2) is 27.9 Å². The van der Waals surface area contributed by atoms with Gasteiger partial charge in [-0.1, -0.05) is 34.8 Å². The molecule has 0 atom stereocenters. The van der Waals surface area contributed by atoms with Crippen molar-refractivity contribution >= 4 is 46.4 Å². The van der Waals surface area contributed by atoms with Gasteiger partial charge in [0, 0.05) is 34.4 Å². The standard InChI is InChI=1S/C20H16Cl3N3O5/c21-14-2-5-16(6-3-14)29-10-1-11-30-19(17-7-4-15(22)12-18(17)23)20(31-26(27)28)25-9-8-24-13-25/h2-9,12-13H,1,10-11H2/b20-19+. The maximum Gasteiger partial charge on any atom is 0.301 e. The minimum Gasteiger partial charge on any atom is -0.493 e. The molecule has 0 aliphatic heterocycles. The Hall–Kier alpha value is -2.94. The zero-order valence-electron chi connectivity index (χ0n) is 15.9. The number of hydrogen-bond donors (Lipinski definition) is 0. The summed E-state index contributed by atoms with van der Waals surface area (Å²) in [6, 6.07) is 11.6. The molecule has 0 aliphatic rings. The Balaban J connectivity index is 1.80. The van der Waals surface area contributed by atoms with Crippen LogP contribution in [-0.2, 0) is 9.57 Å². The van der Waals surface area contributed by atoms with Gasteiger partial charge in [0.05, 0.1) is 18.2 Å². The van der Waals surface area contributed by atoms with E-state index in [0.717, 1.165) is 0 Å². The van der Waals surface area contributed by atoms with E-state index in [1.54, 1.807) is 36.4 Å². The number of rotatable bonds is 10. The molecule has 2 aromatic carbocycles. The van der Waals surface area contributed by atoms with E-state index in [0.29, 0.717) is 34.4 Å². The van der Waals surface area contributed by atoms with Crippen molar-refractivity contribution in [2.24, 2.45) is 0 Å². The number of nitrogens with zero attached hydrogens (tertiary/aromatic N) is 3. The minimum absolute atomic E-state index is 0.0582. The number of aromatic nitrogens is 2. The van der Waals surface area contributed by atoms with E-state index in [2.05, 4.69) is 4.98 Å². The number of benzene rings is 2. The number of hydrogen-bond acceptors (Lipinski definition) is 6. The third kappa shape index (κ3) is 6.52. The Labute approximate surface area is 192 Å². The van der Waals surface area contributed by atoms with E-state index in [1.807, 2.05) is 0 Å². The lowest BCUT2D eigenvalue weighted by atomic mass is 10.2. The van der Waals surface area contributed by atoms with E-state index in [-0.39, 0.29) is 23.3 Å². The first-order chi connectivity index (χ1) is 14.9. The maximum atomic E-state index is 11.1. The van der Waals surface area contributed by atoms with Gasteiger partial charge in [-0.15, -0.1) is 10.1 Å². The van der Waals surface area contributed by atoms with Gasteiger partial charge in [-0.2, -0.15) is 0 Å². The quantitative estimate of drug-likeness (QED) is 0.156. The van der Waals surface area contributed by atoms with Crippen molar-refractivity contribution in [3.05, 3.63) is 91.9 Å². The minimum atomic E-state index is -0.938. The van der Waals surface area contributed by atoms with E-state index in [1.165, 1.54) is 29.4 Å². The summed E-state index contributed by atoms with van der Waals surface area (Å²) in [6.45, 7) is 0.515. The average Bonchev–Trinajstić information content (AvgIpc) is 3.26. The Morgan fingerprint density at radius 3 is 2.45 bits per heavy atom. The highest BCUT2D eigenvalue weighted by atomic mass is 35.5. The fourth-order valence-corrected chi connectivity index (χ4v) is 3.16. The Morgan fingerprint density at radius 1 is 1.06 bits per heavy atom. The number of halogens is 3. The van der Waals surface area contributed by atoms with Gasteiger partial charge in [0.15, 0.2) is 5.76 Å². The Bertz CT molecular complexity index is 1060. The smallest absolute Gasteiger partial charge is 0.301 e. The zero-order chi connectivity index (χ0) is 22.2. The number of ether oxygens (including phenoxy) is 2. The van der Waals surface area contributed by atoms with Crippen LogP contribution in [0.1, 0.15) is 12.0 Å². The van der Waals surface area contributed by atoms with Crippen LogP contribution in [0.4, 0.5) is 0 Å².